The van der Waals surface area contributed by atoms with Gasteiger partial charge in [0, 0.05) is 21.2 Å². The molecule has 3 nitrogen and oxygen atoms in total. The molecule has 0 aromatic heterocycles. The molecule has 0 saturated heterocycles. The molecule has 2 unspecified atom stereocenters. The molecule has 1 amide bonds. The first kappa shape index (κ1) is 11.9. The number of hydrogen-bond donors (Lipinski definition) is 2. The van der Waals surface area contributed by atoms with Gasteiger partial charge in [-0.2, -0.15) is 0 Å². The molecule has 1 aromatic carbocycles. The van der Waals surface area contributed by atoms with Crippen LogP contribution in [-0.2, 0) is 0 Å². The molecule has 1 aliphatic rings. The van der Waals surface area contributed by atoms with Gasteiger partial charge >= 0.3 is 0 Å². The fourth-order valence-corrected chi connectivity index (χ4v) is 2.38. The number of rotatable bonds is 2. The van der Waals surface area contributed by atoms with Crippen molar-refractivity contribution in [2.24, 2.45) is 5.73 Å². The lowest BCUT2D eigenvalue weighted by Gasteiger charge is -2.17. The summed E-state index contributed by atoms with van der Waals surface area (Å²) in [4.78, 5) is 11.9. The summed E-state index contributed by atoms with van der Waals surface area (Å²) in [6, 6.07) is 7.82. The lowest BCUT2D eigenvalue weighted by atomic mass is 10.1. The Labute approximate surface area is 109 Å². The average molecular weight is 330 g/mol. The zero-order valence-electron chi connectivity index (χ0n) is 8.95. The first-order valence-electron chi connectivity index (χ1n) is 5.49. The number of nitrogens with one attached hydrogen (secondary N) is 1. The van der Waals surface area contributed by atoms with Crippen molar-refractivity contribution < 1.29 is 4.79 Å². The van der Waals surface area contributed by atoms with Crippen LogP contribution in [0.4, 0.5) is 0 Å². The van der Waals surface area contributed by atoms with Gasteiger partial charge in [0.15, 0.2) is 0 Å². The SMILES string of the molecule is NC1CCCC1NC(=O)c1ccc(I)cc1. The third kappa shape index (κ3) is 2.74. The summed E-state index contributed by atoms with van der Waals surface area (Å²) in [5.41, 5.74) is 6.62. The average Bonchev–Trinajstić information content (AvgIpc) is 2.65. The Balaban J connectivity index is 2.00. The van der Waals surface area contributed by atoms with Crippen LogP contribution in [0, 0.1) is 3.57 Å². The monoisotopic (exact) mass is 330 g/mol. The molecule has 0 radical (unpaired) electrons. The summed E-state index contributed by atoms with van der Waals surface area (Å²) in [7, 11) is 0. The minimum absolute atomic E-state index is 0.0150. The molecule has 2 atom stereocenters. The Morgan fingerprint density at radius 1 is 1.31 bits per heavy atom. The van der Waals surface area contributed by atoms with Gasteiger partial charge in [0.25, 0.3) is 5.91 Å². The van der Waals surface area contributed by atoms with Gasteiger partial charge in [-0.25, -0.2) is 0 Å². The highest BCUT2D eigenvalue weighted by molar-refractivity contribution is 14.1. The van der Waals surface area contributed by atoms with Gasteiger partial charge in [-0.05, 0) is 66.1 Å². The summed E-state index contributed by atoms with van der Waals surface area (Å²) in [6.07, 6.45) is 3.12. The van der Waals surface area contributed by atoms with Crippen molar-refractivity contribution in [2.75, 3.05) is 0 Å². The maximum absolute atomic E-state index is 11.9. The molecule has 86 valence electrons. The standard InChI is InChI=1S/C12H15IN2O/c13-9-6-4-8(5-7-9)12(16)15-11-3-1-2-10(11)14/h4-7,10-11H,1-3,14H2,(H,15,16). The molecule has 1 saturated carbocycles. The molecule has 1 aromatic rings. The molecule has 0 heterocycles. The van der Waals surface area contributed by atoms with Crippen LogP contribution in [0.15, 0.2) is 24.3 Å². The summed E-state index contributed by atoms with van der Waals surface area (Å²) >= 11 is 2.22. The Morgan fingerprint density at radius 3 is 2.56 bits per heavy atom. The van der Waals surface area contributed by atoms with E-state index in [-0.39, 0.29) is 18.0 Å². The Hall–Kier alpha value is -0.620. The van der Waals surface area contributed by atoms with E-state index in [1.807, 2.05) is 24.3 Å². The van der Waals surface area contributed by atoms with Crippen LogP contribution in [0.25, 0.3) is 0 Å². The van der Waals surface area contributed by atoms with Crippen molar-refractivity contribution in [3.05, 3.63) is 33.4 Å². The largest absolute Gasteiger partial charge is 0.348 e. The fourth-order valence-electron chi connectivity index (χ4n) is 2.02. The minimum Gasteiger partial charge on any atom is -0.348 e. The molecule has 3 N–H and O–H groups in total. The molecular formula is C12H15IN2O. The van der Waals surface area contributed by atoms with Crippen LogP contribution >= 0.6 is 22.6 Å². The van der Waals surface area contributed by atoms with E-state index in [1.165, 1.54) is 0 Å². The van der Waals surface area contributed by atoms with E-state index in [2.05, 4.69) is 27.9 Å². The van der Waals surface area contributed by atoms with E-state index in [4.69, 9.17) is 5.73 Å². The molecule has 16 heavy (non-hydrogen) atoms. The molecule has 1 fully saturated rings. The summed E-state index contributed by atoms with van der Waals surface area (Å²) in [5, 5.41) is 3.00. The topological polar surface area (TPSA) is 55.1 Å². The molecule has 0 aliphatic heterocycles. The predicted octanol–water partition coefficient (Wildman–Crippen LogP) is 1.90. The van der Waals surface area contributed by atoms with E-state index in [1.54, 1.807) is 0 Å². The predicted molar refractivity (Wildman–Crippen MR) is 72.2 cm³/mol. The van der Waals surface area contributed by atoms with Crippen LogP contribution < -0.4 is 11.1 Å². The van der Waals surface area contributed by atoms with Gasteiger partial charge in [0.2, 0.25) is 0 Å². The Morgan fingerprint density at radius 2 is 2.00 bits per heavy atom. The number of benzene rings is 1. The van der Waals surface area contributed by atoms with Gasteiger partial charge in [0.1, 0.15) is 0 Å². The number of nitrogens with two attached hydrogens (primary N) is 1. The third-order valence-electron chi connectivity index (χ3n) is 2.99. The van der Waals surface area contributed by atoms with Crippen molar-refractivity contribution in [3.63, 3.8) is 0 Å². The highest BCUT2D eigenvalue weighted by atomic mass is 127. The van der Waals surface area contributed by atoms with Crippen LogP contribution in [0.2, 0.25) is 0 Å². The molecule has 4 heteroatoms. The minimum atomic E-state index is -0.0150. The zero-order valence-corrected chi connectivity index (χ0v) is 11.1. The molecule has 1 aliphatic carbocycles. The summed E-state index contributed by atoms with van der Waals surface area (Å²) in [5.74, 6) is -0.0150. The number of halogens is 1. The van der Waals surface area contributed by atoms with Gasteiger partial charge in [-0.15, -0.1) is 0 Å². The van der Waals surface area contributed by atoms with Crippen LogP contribution in [0.3, 0.4) is 0 Å². The number of carbonyl (C=O) groups is 1. The van der Waals surface area contributed by atoms with Crippen molar-refractivity contribution in [1.82, 2.24) is 5.32 Å². The number of amides is 1. The van der Waals surface area contributed by atoms with E-state index in [0.29, 0.717) is 5.56 Å². The van der Waals surface area contributed by atoms with Gasteiger partial charge < -0.3 is 11.1 Å². The Kier molecular flexibility index (Phi) is 3.81. The first-order chi connectivity index (χ1) is 7.66. The second-order valence-corrected chi connectivity index (χ2v) is 5.43. The van der Waals surface area contributed by atoms with Gasteiger partial charge in [-0.1, -0.05) is 0 Å². The molecule has 0 spiro atoms. The lowest BCUT2D eigenvalue weighted by Crippen LogP contribution is -2.43. The maximum atomic E-state index is 11.9. The normalized spacial score (nSPS) is 24.4. The smallest absolute Gasteiger partial charge is 0.251 e. The highest BCUT2D eigenvalue weighted by Gasteiger charge is 2.25. The van der Waals surface area contributed by atoms with Gasteiger partial charge in [-0.3, -0.25) is 4.79 Å². The van der Waals surface area contributed by atoms with Gasteiger partial charge in [0.05, 0.1) is 0 Å². The van der Waals surface area contributed by atoms with Crippen molar-refractivity contribution in [2.45, 2.75) is 31.3 Å². The first-order valence-corrected chi connectivity index (χ1v) is 6.57. The van der Waals surface area contributed by atoms with Crippen LogP contribution in [0.5, 0.6) is 0 Å². The summed E-state index contributed by atoms with van der Waals surface area (Å²) in [6.45, 7) is 0. The summed E-state index contributed by atoms with van der Waals surface area (Å²) < 4.78 is 1.13. The third-order valence-corrected chi connectivity index (χ3v) is 3.71. The highest BCUT2D eigenvalue weighted by Crippen LogP contribution is 2.17. The zero-order chi connectivity index (χ0) is 11.5. The Bertz CT molecular complexity index is 377. The van der Waals surface area contributed by atoms with Crippen molar-refractivity contribution in [1.29, 1.82) is 0 Å². The van der Waals surface area contributed by atoms with E-state index < -0.39 is 0 Å². The quantitative estimate of drug-likeness (QED) is 0.814. The number of carbonyl (C=O) groups excluding carboxylic acids is 1. The molecular weight excluding hydrogens is 315 g/mol. The van der Waals surface area contributed by atoms with Crippen molar-refractivity contribution in [3.8, 4) is 0 Å². The van der Waals surface area contributed by atoms with E-state index in [0.717, 1.165) is 22.8 Å². The van der Waals surface area contributed by atoms with Crippen LogP contribution in [-0.4, -0.2) is 18.0 Å². The maximum Gasteiger partial charge on any atom is 0.251 e. The number of hydrogen-bond acceptors (Lipinski definition) is 2. The van der Waals surface area contributed by atoms with Crippen molar-refractivity contribution >= 4 is 28.5 Å². The second-order valence-electron chi connectivity index (χ2n) is 4.18. The second kappa shape index (κ2) is 5.14. The lowest BCUT2D eigenvalue weighted by molar-refractivity contribution is 0.0934. The molecule has 0 bridgehead atoms. The van der Waals surface area contributed by atoms with E-state index >= 15 is 0 Å². The van der Waals surface area contributed by atoms with E-state index in [9.17, 15) is 4.79 Å². The fraction of sp³-hybridized carbons (Fsp3) is 0.417. The van der Waals surface area contributed by atoms with Crippen LogP contribution in [0.1, 0.15) is 29.6 Å². The molecule has 2 rings (SSSR count).